The number of hydrogen-bond donors (Lipinski definition) is 1. The second kappa shape index (κ2) is 13.2. The van der Waals surface area contributed by atoms with E-state index >= 15 is 0 Å². The van der Waals surface area contributed by atoms with Crippen LogP contribution in [0.25, 0.3) is 0 Å². The lowest BCUT2D eigenvalue weighted by molar-refractivity contribution is -0.459. The molecular formula is C25H44O8. The van der Waals surface area contributed by atoms with E-state index in [9.17, 15) is 9.90 Å². The summed E-state index contributed by atoms with van der Waals surface area (Å²) in [5.41, 5.74) is 0.524. The molecule has 0 saturated carbocycles. The van der Waals surface area contributed by atoms with E-state index in [-0.39, 0.29) is 6.61 Å². The van der Waals surface area contributed by atoms with Gasteiger partial charge in [0.25, 0.3) is 0 Å². The number of carbonyl (C=O) groups excluding carboxylic acids is 1. The van der Waals surface area contributed by atoms with Crippen molar-refractivity contribution in [3.05, 3.63) is 11.6 Å². The number of esters is 1. The average molecular weight is 473 g/mol. The second-order valence-electron chi connectivity index (χ2n) is 9.24. The van der Waals surface area contributed by atoms with Gasteiger partial charge in [0.15, 0.2) is 0 Å². The van der Waals surface area contributed by atoms with Crippen LogP contribution >= 0.6 is 0 Å². The molecule has 0 bridgehead atoms. The summed E-state index contributed by atoms with van der Waals surface area (Å²) in [5, 5.41) is 11.0. The van der Waals surface area contributed by atoms with Crippen LogP contribution in [0.2, 0.25) is 0 Å². The highest BCUT2D eigenvalue weighted by Gasteiger charge is 2.60. The van der Waals surface area contributed by atoms with E-state index in [1.54, 1.807) is 19.9 Å². The van der Waals surface area contributed by atoms with Crippen molar-refractivity contribution in [2.75, 3.05) is 27.4 Å². The predicted molar refractivity (Wildman–Crippen MR) is 124 cm³/mol. The lowest BCUT2D eigenvalue weighted by atomic mass is 9.87. The Morgan fingerprint density at radius 2 is 1.52 bits per heavy atom. The van der Waals surface area contributed by atoms with Crippen molar-refractivity contribution in [2.45, 2.75) is 115 Å². The Balaban J connectivity index is 2.04. The van der Waals surface area contributed by atoms with Gasteiger partial charge in [0, 0.05) is 27.8 Å². The summed E-state index contributed by atoms with van der Waals surface area (Å²) >= 11 is 0. The molecule has 0 aromatic heterocycles. The zero-order chi connectivity index (χ0) is 24.5. The molecular weight excluding hydrogens is 428 g/mol. The first-order valence-electron chi connectivity index (χ1n) is 12.3. The minimum absolute atomic E-state index is 0.0358. The van der Waals surface area contributed by atoms with E-state index in [0.717, 1.165) is 12.8 Å². The molecule has 1 N–H and O–H groups in total. The smallest absolute Gasteiger partial charge is 0.302 e. The van der Waals surface area contributed by atoms with Crippen LogP contribution in [0.4, 0.5) is 0 Å². The summed E-state index contributed by atoms with van der Waals surface area (Å²) in [6, 6.07) is 0. The number of methoxy groups -OCH3 is 2. The normalized spacial score (nSPS) is 34.0. The number of aliphatic hydroxyl groups excluding tert-OH is 1. The molecule has 8 heteroatoms. The van der Waals surface area contributed by atoms with E-state index in [1.165, 1.54) is 59.7 Å². The zero-order valence-corrected chi connectivity index (χ0v) is 21.3. The topological polar surface area (TPSA) is 92.7 Å². The third-order valence-electron chi connectivity index (χ3n) is 6.79. The van der Waals surface area contributed by atoms with Crippen LogP contribution < -0.4 is 0 Å². The highest BCUT2D eigenvalue weighted by molar-refractivity contribution is 5.66. The van der Waals surface area contributed by atoms with Crippen LogP contribution in [-0.4, -0.2) is 74.5 Å². The Morgan fingerprint density at radius 1 is 0.970 bits per heavy atom. The first-order valence-corrected chi connectivity index (χ1v) is 12.3. The largest absolute Gasteiger partial charge is 0.461 e. The molecule has 0 amide bonds. The molecule has 0 radical (unpaired) electrons. The summed E-state index contributed by atoms with van der Waals surface area (Å²) in [6.45, 7) is 7.54. The Hall–Kier alpha value is -1.03. The molecule has 0 aromatic carbocycles. The molecule has 8 nitrogen and oxygen atoms in total. The number of ether oxygens (including phenoxy) is 6. The first kappa shape index (κ1) is 28.2. The summed E-state index contributed by atoms with van der Waals surface area (Å²) < 4.78 is 35.1. The van der Waals surface area contributed by atoms with Gasteiger partial charge in [0.2, 0.25) is 11.6 Å². The monoisotopic (exact) mass is 472 g/mol. The van der Waals surface area contributed by atoms with Crippen molar-refractivity contribution in [3.8, 4) is 0 Å². The van der Waals surface area contributed by atoms with Crippen molar-refractivity contribution in [1.82, 2.24) is 0 Å². The fourth-order valence-corrected chi connectivity index (χ4v) is 4.36. The molecule has 192 valence electrons. The number of fused-ring (bicyclic) bond motifs is 1. The molecule has 2 aliphatic rings. The lowest BCUT2D eigenvalue weighted by Crippen LogP contribution is -2.70. The van der Waals surface area contributed by atoms with E-state index in [1.807, 2.05) is 0 Å². The van der Waals surface area contributed by atoms with Crippen LogP contribution in [0.3, 0.4) is 0 Å². The zero-order valence-electron chi connectivity index (χ0n) is 21.3. The summed E-state index contributed by atoms with van der Waals surface area (Å²) in [6.07, 6.45) is 8.57. The van der Waals surface area contributed by atoms with Crippen molar-refractivity contribution in [3.63, 3.8) is 0 Å². The fourth-order valence-electron chi connectivity index (χ4n) is 4.36. The SMILES string of the molecule is CCCCCCCCCCO[C@H]1C=C(COC(C)=O)[C@@H](O)[C@@H]2O[C@@](C)(OC)[C@](C)(OC)O[C@H]21. The molecule has 0 unspecified atom stereocenters. The second-order valence-corrected chi connectivity index (χ2v) is 9.24. The third-order valence-corrected chi connectivity index (χ3v) is 6.79. The van der Waals surface area contributed by atoms with Crippen LogP contribution in [0.15, 0.2) is 11.6 Å². The van der Waals surface area contributed by atoms with Crippen molar-refractivity contribution < 1.29 is 38.3 Å². The molecule has 1 aliphatic carbocycles. The van der Waals surface area contributed by atoms with Gasteiger partial charge in [0.1, 0.15) is 31.0 Å². The van der Waals surface area contributed by atoms with Crippen LogP contribution in [0.1, 0.15) is 79.1 Å². The number of unbranched alkanes of at least 4 members (excludes halogenated alkanes) is 7. The molecule has 1 aliphatic heterocycles. The Kier molecular flexibility index (Phi) is 11.3. The van der Waals surface area contributed by atoms with Crippen LogP contribution in [0.5, 0.6) is 0 Å². The van der Waals surface area contributed by atoms with Crippen molar-refractivity contribution in [2.24, 2.45) is 0 Å². The van der Waals surface area contributed by atoms with Gasteiger partial charge in [-0.3, -0.25) is 4.79 Å². The highest BCUT2D eigenvalue weighted by Crippen LogP contribution is 2.43. The minimum atomic E-state index is -1.25. The highest BCUT2D eigenvalue weighted by atomic mass is 16.8. The van der Waals surface area contributed by atoms with Gasteiger partial charge in [-0.1, -0.05) is 51.9 Å². The molecule has 6 atom stereocenters. The van der Waals surface area contributed by atoms with Gasteiger partial charge in [-0.05, 0) is 31.9 Å². The number of hydrogen-bond acceptors (Lipinski definition) is 8. The number of rotatable bonds is 14. The Labute approximate surface area is 198 Å². The molecule has 1 fully saturated rings. The third kappa shape index (κ3) is 7.23. The van der Waals surface area contributed by atoms with Gasteiger partial charge in [-0.25, -0.2) is 0 Å². The molecule has 33 heavy (non-hydrogen) atoms. The number of carbonyl (C=O) groups is 1. The van der Waals surface area contributed by atoms with Gasteiger partial charge in [0.05, 0.1) is 0 Å². The molecule has 0 aromatic rings. The van der Waals surface area contributed by atoms with Gasteiger partial charge >= 0.3 is 5.97 Å². The van der Waals surface area contributed by atoms with Gasteiger partial charge in [-0.2, -0.15) is 0 Å². The Bertz CT molecular complexity index is 638. The predicted octanol–water partition coefficient (Wildman–Crippen LogP) is 3.89. The summed E-state index contributed by atoms with van der Waals surface area (Å²) in [5.74, 6) is -2.88. The minimum Gasteiger partial charge on any atom is -0.461 e. The molecule has 0 spiro atoms. The maximum Gasteiger partial charge on any atom is 0.302 e. The summed E-state index contributed by atoms with van der Waals surface area (Å²) in [7, 11) is 3.03. The van der Waals surface area contributed by atoms with E-state index < -0.39 is 42.0 Å². The number of aliphatic hydroxyl groups is 1. The quantitative estimate of drug-likeness (QED) is 0.231. The molecule has 1 saturated heterocycles. The molecule has 1 heterocycles. The van der Waals surface area contributed by atoms with E-state index in [0.29, 0.717) is 12.2 Å². The lowest BCUT2D eigenvalue weighted by Gasteiger charge is -2.55. The first-order chi connectivity index (χ1) is 15.7. The van der Waals surface area contributed by atoms with Crippen LogP contribution in [-0.2, 0) is 33.2 Å². The molecule has 2 rings (SSSR count). The maximum absolute atomic E-state index is 11.3. The standard InChI is InChI=1S/C25H44O8/c1-7-8-9-10-11-12-13-14-15-30-20-16-19(17-31-18(2)26)21(27)23-22(20)32-24(3,28-5)25(4,29-6)33-23/h16,20-23,27H,7-15,17H2,1-6H3/t20-,21+,22-,23-,24+,25+/m0/s1. The van der Waals surface area contributed by atoms with E-state index in [4.69, 9.17) is 28.4 Å². The Morgan fingerprint density at radius 3 is 2.06 bits per heavy atom. The van der Waals surface area contributed by atoms with Gasteiger partial charge in [-0.15, -0.1) is 0 Å². The van der Waals surface area contributed by atoms with E-state index in [2.05, 4.69) is 6.92 Å². The van der Waals surface area contributed by atoms with Gasteiger partial charge < -0.3 is 33.5 Å². The van der Waals surface area contributed by atoms with Crippen molar-refractivity contribution in [1.29, 1.82) is 0 Å². The van der Waals surface area contributed by atoms with Crippen LogP contribution in [0, 0.1) is 0 Å². The summed E-state index contributed by atoms with van der Waals surface area (Å²) in [4.78, 5) is 11.3. The average Bonchev–Trinajstić information content (AvgIpc) is 2.79. The van der Waals surface area contributed by atoms with Crippen molar-refractivity contribution >= 4 is 5.97 Å². The fraction of sp³-hybridized carbons (Fsp3) is 0.880. The maximum atomic E-state index is 11.3.